The van der Waals surface area contributed by atoms with Gasteiger partial charge in [-0.2, -0.15) is 0 Å². The van der Waals surface area contributed by atoms with Crippen LogP contribution in [-0.2, 0) is 4.74 Å². The molecule has 12 nitrogen and oxygen atoms in total. The second-order valence-electron chi connectivity index (χ2n) is 11.5. The number of nitrogens with one attached hydrogen (secondary N) is 3. The molecule has 0 radical (unpaired) electrons. The molecule has 0 saturated heterocycles. The molecule has 2 heterocycles. The summed E-state index contributed by atoms with van der Waals surface area (Å²) in [5, 5.41) is 2.23. The summed E-state index contributed by atoms with van der Waals surface area (Å²) in [5.74, 6) is -4.66. The summed E-state index contributed by atoms with van der Waals surface area (Å²) in [6.07, 6.45) is -0.654. The Balaban J connectivity index is 0.000000229. The maximum Gasteiger partial charge on any atom is 0.412 e. The summed E-state index contributed by atoms with van der Waals surface area (Å²) < 4.78 is 60.0. The lowest BCUT2D eigenvalue weighted by molar-refractivity contribution is 0.0636. The predicted octanol–water partition coefficient (Wildman–Crippen LogP) is 5.27. The zero-order valence-electron chi connectivity index (χ0n) is 26.3. The second-order valence-corrected chi connectivity index (χ2v) is 11.5. The topological polar surface area (TPSA) is 174 Å². The molecule has 0 atom stereocenters. The Kier molecular flexibility index (Phi) is 10.4. The SMILES string of the molecule is CC(C)(C)OC(=O)Nc1ccc(-n2c(=O)[nH]c3cc(F)c(F)cc3c2=O)cc1.Cl.Nc1ccc(-n2c(=O)[nH]c3cc(F)c(F)cc3c2=O)cc1. The summed E-state index contributed by atoms with van der Waals surface area (Å²) in [4.78, 5) is 65.7. The van der Waals surface area contributed by atoms with Crippen LogP contribution in [0.3, 0.4) is 0 Å². The van der Waals surface area contributed by atoms with Crippen LogP contribution in [0.4, 0.5) is 33.7 Å². The molecule has 2 aromatic heterocycles. The van der Waals surface area contributed by atoms with Gasteiger partial charge in [0.1, 0.15) is 5.60 Å². The number of hydrogen-bond acceptors (Lipinski definition) is 7. The van der Waals surface area contributed by atoms with Crippen LogP contribution in [0.15, 0.2) is 92.0 Å². The number of carbonyl (C=O) groups is 1. The zero-order valence-corrected chi connectivity index (χ0v) is 27.1. The normalized spacial score (nSPS) is 11.0. The van der Waals surface area contributed by atoms with Crippen LogP contribution < -0.4 is 33.5 Å². The number of amides is 1. The third-order valence-corrected chi connectivity index (χ3v) is 6.80. The highest BCUT2D eigenvalue weighted by molar-refractivity contribution is 5.85. The van der Waals surface area contributed by atoms with Crippen molar-refractivity contribution in [3.63, 3.8) is 0 Å². The van der Waals surface area contributed by atoms with Crippen molar-refractivity contribution in [1.29, 1.82) is 0 Å². The summed E-state index contributed by atoms with van der Waals surface area (Å²) in [6, 6.07) is 14.8. The smallest absolute Gasteiger partial charge is 0.412 e. The van der Waals surface area contributed by atoms with Crippen molar-refractivity contribution in [3.05, 3.63) is 138 Å². The van der Waals surface area contributed by atoms with E-state index in [0.717, 1.165) is 33.4 Å². The minimum atomic E-state index is -1.19. The van der Waals surface area contributed by atoms with Crippen LogP contribution in [-0.4, -0.2) is 30.8 Å². The molecule has 260 valence electrons. The van der Waals surface area contributed by atoms with Crippen LogP contribution >= 0.6 is 12.4 Å². The molecule has 17 heteroatoms. The molecule has 6 aromatic rings. The van der Waals surface area contributed by atoms with E-state index in [1.807, 2.05) is 0 Å². The number of aromatic amines is 2. The van der Waals surface area contributed by atoms with E-state index in [0.29, 0.717) is 11.4 Å². The van der Waals surface area contributed by atoms with Gasteiger partial charge < -0.3 is 20.4 Å². The molecule has 5 N–H and O–H groups in total. The number of benzene rings is 4. The van der Waals surface area contributed by atoms with Crippen molar-refractivity contribution in [2.24, 2.45) is 0 Å². The van der Waals surface area contributed by atoms with Gasteiger partial charge in [0.15, 0.2) is 23.3 Å². The Bertz CT molecular complexity index is 2490. The summed E-state index contributed by atoms with van der Waals surface area (Å²) >= 11 is 0. The highest BCUT2D eigenvalue weighted by atomic mass is 35.5. The first-order valence-corrected chi connectivity index (χ1v) is 14.3. The van der Waals surface area contributed by atoms with Gasteiger partial charge in [0.2, 0.25) is 0 Å². The molecular formula is C33H27ClF4N6O6. The Hall–Kier alpha value is -6.16. The highest BCUT2D eigenvalue weighted by Crippen LogP contribution is 2.17. The molecule has 0 saturated carbocycles. The first kappa shape index (κ1) is 36.7. The van der Waals surface area contributed by atoms with E-state index in [9.17, 15) is 41.5 Å². The van der Waals surface area contributed by atoms with Gasteiger partial charge in [-0.05, 0) is 81.4 Å². The monoisotopic (exact) mass is 714 g/mol. The molecule has 6 rings (SSSR count). The van der Waals surface area contributed by atoms with Crippen LogP contribution in [0.2, 0.25) is 0 Å². The van der Waals surface area contributed by atoms with Crippen molar-refractivity contribution >= 4 is 51.7 Å². The van der Waals surface area contributed by atoms with Crippen molar-refractivity contribution in [1.82, 2.24) is 19.1 Å². The number of aromatic nitrogens is 4. The Morgan fingerprint density at radius 3 is 1.46 bits per heavy atom. The van der Waals surface area contributed by atoms with E-state index in [4.69, 9.17) is 10.5 Å². The average molecular weight is 715 g/mol. The quantitative estimate of drug-likeness (QED) is 0.143. The molecule has 1 amide bonds. The van der Waals surface area contributed by atoms with E-state index in [2.05, 4.69) is 15.3 Å². The number of fused-ring (bicyclic) bond motifs is 2. The maximum atomic E-state index is 13.5. The molecule has 0 spiro atoms. The van der Waals surface area contributed by atoms with Gasteiger partial charge in [0.25, 0.3) is 11.1 Å². The van der Waals surface area contributed by atoms with E-state index in [1.165, 1.54) is 48.5 Å². The number of carbonyl (C=O) groups excluding carboxylic acids is 1. The fraction of sp³-hybridized carbons (Fsp3) is 0.121. The third-order valence-electron chi connectivity index (χ3n) is 6.80. The lowest BCUT2D eigenvalue weighted by atomic mass is 10.2. The lowest BCUT2D eigenvalue weighted by Gasteiger charge is -2.19. The van der Waals surface area contributed by atoms with Gasteiger partial charge in [-0.3, -0.25) is 14.9 Å². The molecule has 50 heavy (non-hydrogen) atoms. The van der Waals surface area contributed by atoms with Crippen LogP contribution in [0.25, 0.3) is 33.2 Å². The highest BCUT2D eigenvalue weighted by Gasteiger charge is 2.17. The lowest BCUT2D eigenvalue weighted by Crippen LogP contribution is -2.33. The zero-order chi connectivity index (χ0) is 35.8. The van der Waals surface area contributed by atoms with E-state index < -0.39 is 57.5 Å². The van der Waals surface area contributed by atoms with Crippen molar-refractivity contribution in [3.8, 4) is 11.4 Å². The molecular weight excluding hydrogens is 688 g/mol. The molecule has 0 fully saturated rings. The van der Waals surface area contributed by atoms with Gasteiger partial charge in [-0.25, -0.2) is 41.1 Å². The number of halogens is 5. The summed E-state index contributed by atoms with van der Waals surface area (Å²) in [6.45, 7) is 5.17. The van der Waals surface area contributed by atoms with Crippen molar-refractivity contribution in [2.45, 2.75) is 26.4 Å². The largest absolute Gasteiger partial charge is 0.444 e. The molecule has 0 aliphatic heterocycles. The number of nitrogens with two attached hydrogens (primary N) is 1. The van der Waals surface area contributed by atoms with E-state index in [-0.39, 0.29) is 45.6 Å². The average Bonchev–Trinajstić information content (AvgIpc) is 3.01. The Morgan fingerprint density at radius 1 is 0.680 bits per heavy atom. The molecule has 0 bridgehead atoms. The number of rotatable bonds is 3. The standard InChI is InChI=1S/C19H17F2N3O4.C14H9F2N3O2.ClH/c1-19(2,3)28-18(27)22-10-4-6-11(7-5-10)24-16(25)12-8-13(20)14(21)9-15(12)23-17(24)26;15-10-5-9-12(6-11(10)16)18-14(21)19(13(9)20)8-3-1-7(17)2-4-8;/h4-9H,1-3H3,(H,22,27)(H,23,26);1-6H,17H2,(H,18,21);1H. The van der Waals surface area contributed by atoms with E-state index >= 15 is 0 Å². The van der Waals surface area contributed by atoms with Gasteiger partial charge >= 0.3 is 17.5 Å². The molecule has 4 aromatic carbocycles. The van der Waals surface area contributed by atoms with Gasteiger partial charge in [-0.1, -0.05) is 0 Å². The summed E-state index contributed by atoms with van der Waals surface area (Å²) in [5.41, 5.74) is 2.95. The second kappa shape index (κ2) is 14.1. The minimum absolute atomic E-state index is 0. The first-order valence-electron chi connectivity index (χ1n) is 14.3. The van der Waals surface area contributed by atoms with Crippen molar-refractivity contribution in [2.75, 3.05) is 11.1 Å². The van der Waals surface area contributed by atoms with Crippen molar-refractivity contribution < 1.29 is 27.1 Å². The molecule has 0 aliphatic rings. The number of ether oxygens (including phenoxy) is 1. The number of nitrogen functional groups attached to an aromatic ring is 1. The molecule has 0 unspecified atom stereocenters. The molecule has 0 aliphatic carbocycles. The fourth-order valence-electron chi connectivity index (χ4n) is 4.63. The predicted molar refractivity (Wildman–Crippen MR) is 182 cm³/mol. The van der Waals surface area contributed by atoms with Crippen LogP contribution in [0.1, 0.15) is 20.8 Å². The summed E-state index contributed by atoms with van der Waals surface area (Å²) in [7, 11) is 0. The third kappa shape index (κ3) is 7.76. The van der Waals surface area contributed by atoms with Gasteiger partial charge in [0.05, 0.1) is 33.2 Å². The number of hydrogen-bond donors (Lipinski definition) is 4. The maximum absolute atomic E-state index is 13.5. The number of nitrogens with zero attached hydrogens (tertiary/aromatic N) is 2. The van der Waals surface area contributed by atoms with E-state index in [1.54, 1.807) is 20.8 Å². The fourth-order valence-corrected chi connectivity index (χ4v) is 4.63. The number of anilines is 2. The first-order chi connectivity index (χ1) is 23.0. The number of H-pyrrole nitrogens is 2. The van der Waals surface area contributed by atoms with Crippen LogP contribution in [0.5, 0.6) is 0 Å². The Labute approximate surface area is 284 Å². The Morgan fingerprint density at radius 2 is 1.06 bits per heavy atom. The van der Waals surface area contributed by atoms with Gasteiger partial charge in [-0.15, -0.1) is 12.4 Å². The minimum Gasteiger partial charge on any atom is -0.444 e. The van der Waals surface area contributed by atoms with Gasteiger partial charge in [0, 0.05) is 23.5 Å². The van der Waals surface area contributed by atoms with Crippen LogP contribution in [0, 0.1) is 23.3 Å².